The number of rotatable bonds is 2. The van der Waals surface area contributed by atoms with Gasteiger partial charge in [-0.05, 0) is 55.5 Å². The summed E-state index contributed by atoms with van der Waals surface area (Å²) in [5.41, 5.74) is 2.13. The molecule has 4 nitrogen and oxygen atoms in total. The molecule has 0 bridgehead atoms. The molecule has 0 saturated carbocycles. The molecule has 1 aromatic carbocycles. The lowest BCUT2D eigenvalue weighted by Gasteiger charge is -2.39. The first-order valence-electron chi connectivity index (χ1n) is 8.62. The molecule has 1 atom stereocenters. The zero-order valence-electron chi connectivity index (χ0n) is 14.3. The lowest BCUT2D eigenvalue weighted by atomic mass is 9.89. The van der Waals surface area contributed by atoms with E-state index in [1.807, 2.05) is 17.9 Å². The summed E-state index contributed by atoms with van der Waals surface area (Å²) in [7, 11) is 0. The molecular weight excluding hydrogens is 359 g/mol. The van der Waals surface area contributed by atoms with Crippen LogP contribution >= 0.6 is 23.2 Å². The van der Waals surface area contributed by atoms with Crippen LogP contribution < -0.4 is 0 Å². The second-order valence-corrected chi connectivity index (χ2v) is 7.56. The molecule has 1 aromatic rings. The van der Waals surface area contributed by atoms with Crippen LogP contribution in [0, 0.1) is 5.92 Å². The summed E-state index contributed by atoms with van der Waals surface area (Å²) in [5.74, 6) is 0.0722. The van der Waals surface area contributed by atoms with Gasteiger partial charge in [-0.1, -0.05) is 29.8 Å². The monoisotopic (exact) mass is 380 g/mol. The molecule has 6 heteroatoms. The van der Waals surface area contributed by atoms with Crippen LogP contribution in [0.5, 0.6) is 0 Å². The maximum absolute atomic E-state index is 13.0. The first-order valence-corrected chi connectivity index (χ1v) is 9.37. The van der Waals surface area contributed by atoms with E-state index in [0.717, 1.165) is 17.5 Å². The Balaban J connectivity index is 1.72. The molecule has 1 unspecified atom stereocenters. The molecule has 0 aliphatic carbocycles. The van der Waals surface area contributed by atoms with E-state index in [-0.39, 0.29) is 23.8 Å². The zero-order valence-corrected chi connectivity index (χ0v) is 15.8. The number of amides is 2. The minimum Gasteiger partial charge on any atom is -0.339 e. The molecule has 134 valence electrons. The SMILES string of the molecule is C=CC(=O)N1CCC(C(=O)N2CCc3c(Cl)cc(Cl)cc3C2C)CC1. The molecule has 0 aromatic heterocycles. The number of piperidine rings is 1. The predicted molar refractivity (Wildman–Crippen MR) is 99.8 cm³/mol. The average molecular weight is 381 g/mol. The van der Waals surface area contributed by atoms with Crippen molar-refractivity contribution in [1.82, 2.24) is 9.80 Å². The van der Waals surface area contributed by atoms with Gasteiger partial charge in [-0.3, -0.25) is 9.59 Å². The minimum atomic E-state index is -0.0598. The average Bonchev–Trinajstić information content (AvgIpc) is 2.61. The van der Waals surface area contributed by atoms with Crippen LogP contribution in [0.15, 0.2) is 24.8 Å². The number of halogens is 2. The van der Waals surface area contributed by atoms with Gasteiger partial charge >= 0.3 is 0 Å². The van der Waals surface area contributed by atoms with E-state index >= 15 is 0 Å². The van der Waals surface area contributed by atoms with Gasteiger partial charge in [0.25, 0.3) is 0 Å². The summed E-state index contributed by atoms with van der Waals surface area (Å²) >= 11 is 12.5. The van der Waals surface area contributed by atoms with E-state index in [4.69, 9.17) is 23.2 Å². The number of benzene rings is 1. The molecule has 25 heavy (non-hydrogen) atoms. The summed E-state index contributed by atoms with van der Waals surface area (Å²) in [6, 6.07) is 3.64. The van der Waals surface area contributed by atoms with Gasteiger partial charge in [-0.15, -0.1) is 0 Å². The van der Waals surface area contributed by atoms with Gasteiger partial charge in [0, 0.05) is 35.6 Å². The van der Waals surface area contributed by atoms with Gasteiger partial charge in [-0.25, -0.2) is 0 Å². The number of likely N-dealkylation sites (tertiary alicyclic amines) is 1. The molecule has 0 spiro atoms. The molecule has 0 radical (unpaired) electrons. The molecule has 0 N–H and O–H groups in total. The molecular formula is C19H22Cl2N2O2. The topological polar surface area (TPSA) is 40.6 Å². The van der Waals surface area contributed by atoms with Crippen molar-refractivity contribution in [3.63, 3.8) is 0 Å². The number of carbonyl (C=O) groups excluding carboxylic acids is 2. The standard InChI is InChI=1S/C19H22Cl2N2O2/c1-3-18(24)22-7-4-13(5-8-22)19(25)23-9-6-15-16(12(23)2)10-14(20)11-17(15)21/h3,10-13H,1,4-9H2,2H3. The highest BCUT2D eigenvalue weighted by Crippen LogP contribution is 2.37. The second-order valence-electron chi connectivity index (χ2n) is 6.72. The van der Waals surface area contributed by atoms with Gasteiger partial charge in [-0.2, -0.15) is 0 Å². The van der Waals surface area contributed by atoms with Gasteiger partial charge in [0.15, 0.2) is 0 Å². The molecule has 2 heterocycles. The summed E-state index contributed by atoms with van der Waals surface area (Å²) in [6.07, 6.45) is 3.48. The highest BCUT2D eigenvalue weighted by Gasteiger charge is 2.35. The Morgan fingerprint density at radius 3 is 2.52 bits per heavy atom. The lowest BCUT2D eigenvalue weighted by Crippen LogP contribution is -2.46. The van der Waals surface area contributed by atoms with E-state index in [2.05, 4.69) is 6.58 Å². The van der Waals surface area contributed by atoms with Crippen LogP contribution in [0.3, 0.4) is 0 Å². The Labute approximate surface area is 158 Å². The van der Waals surface area contributed by atoms with Crippen LogP contribution in [0.1, 0.15) is 36.9 Å². The Morgan fingerprint density at radius 2 is 1.88 bits per heavy atom. The van der Waals surface area contributed by atoms with Crippen molar-refractivity contribution in [2.24, 2.45) is 5.92 Å². The third-order valence-corrected chi connectivity index (χ3v) is 5.88. The van der Waals surface area contributed by atoms with Crippen LogP contribution in [-0.2, 0) is 16.0 Å². The fraction of sp³-hybridized carbons (Fsp3) is 0.474. The largest absolute Gasteiger partial charge is 0.339 e. The van der Waals surface area contributed by atoms with Gasteiger partial charge in [0.2, 0.25) is 11.8 Å². The molecule has 3 rings (SSSR count). The van der Waals surface area contributed by atoms with Crippen molar-refractivity contribution in [2.75, 3.05) is 19.6 Å². The first-order chi connectivity index (χ1) is 11.9. The van der Waals surface area contributed by atoms with Crippen molar-refractivity contribution in [2.45, 2.75) is 32.2 Å². The van der Waals surface area contributed by atoms with Crippen LogP contribution in [-0.4, -0.2) is 41.2 Å². The third-order valence-electron chi connectivity index (χ3n) is 5.33. The Morgan fingerprint density at radius 1 is 1.20 bits per heavy atom. The Bertz CT molecular complexity index is 712. The van der Waals surface area contributed by atoms with Crippen LogP contribution in [0.25, 0.3) is 0 Å². The summed E-state index contributed by atoms with van der Waals surface area (Å²) < 4.78 is 0. The van der Waals surface area contributed by atoms with E-state index < -0.39 is 0 Å². The molecule has 2 aliphatic rings. The van der Waals surface area contributed by atoms with Crippen LogP contribution in [0.4, 0.5) is 0 Å². The number of nitrogens with zero attached hydrogens (tertiary/aromatic N) is 2. The van der Waals surface area contributed by atoms with E-state index in [1.165, 1.54) is 6.08 Å². The zero-order chi connectivity index (χ0) is 18.1. The smallest absolute Gasteiger partial charge is 0.245 e. The molecule has 1 fully saturated rings. The third kappa shape index (κ3) is 3.56. The Kier molecular flexibility index (Phi) is 5.40. The summed E-state index contributed by atoms with van der Waals surface area (Å²) in [5, 5.41) is 1.28. The number of hydrogen-bond donors (Lipinski definition) is 0. The fourth-order valence-corrected chi connectivity index (χ4v) is 4.47. The van der Waals surface area contributed by atoms with Crippen molar-refractivity contribution >= 4 is 35.0 Å². The molecule has 1 saturated heterocycles. The maximum Gasteiger partial charge on any atom is 0.245 e. The quantitative estimate of drug-likeness (QED) is 0.730. The van der Waals surface area contributed by atoms with Crippen molar-refractivity contribution in [1.29, 1.82) is 0 Å². The second kappa shape index (κ2) is 7.38. The lowest BCUT2D eigenvalue weighted by molar-refractivity contribution is -0.141. The highest BCUT2D eigenvalue weighted by molar-refractivity contribution is 6.35. The van der Waals surface area contributed by atoms with E-state index in [9.17, 15) is 9.59 Å². The van der Waals surface area contributed by atoms with Gasteiger partial charge < -0.3 is 9.80 Å². The van der Waals surface area contributed by atoms with E-state index in [0.29, 0.717) is 42.5 Å². The molecule has 2 amide bonds. The number of hydrogen-bond acceptors (Lipinski definition) is 2. The van der Waals surface area contributed by atoms with Crippen LogP contribution in [0.2, 0.25) is 10.0 Å². The predicted octanol–water partition coefficient (Wildman–Crippen LogP) is 3.86. The molecule has 2 aliphatic heterocycles. The first kappa shape index (κ1) is 18.3. The maximum atomic E-state index is 13.0. The van der Waals surface area contributed by atoms with Crippen molar-refractivity contribution in [3.8, 4) is 0 Å². The Hall–Kier alpha value is -1.52. The van der Waals surface area contributed by atoms with Gasteiger partial charge in [0.05, 0.1) is 6.04 Å². The van der Waals surface area contributed by atoms with Crippen molar-refractivity contribution in [3.05, 3.63) is 46.0 Å². The summed E-state index contributed by atoms with van der Waals surface area (Å²) in [4.78, 5) is 28.4. The fourth-order valence-electron chi connectivity index (χ4n) is 3.87. The summed E-state index contributed by atoms with van der Waals surface area (Å²) in [6.45, 7) is 7.43. The number of carbonyl (C=O) groups is 2. The van der Waals surface area contributed by atoms with Crippen molar-refractivity contribution < 1.29 is 9.59 Å². The highest BCUT2D eigenvalue weighted by atomic mass is 35.5. The normalized spacial score (nSPS) is 21.0. The minimum absolute atomic E-state index is 0.0347. The van der Waals surface area contributed by atoms with Gasteiger partial charge in [0.1, 0.15) is 0 Å². The number of fused-ring (bicyclic) bond motifs is 1. The van der Waals surface area contributed by atoms with E-state index in [1.54, 1.807) is 11.0 Å².